The van der Waals surface area contributed by atoms with Crippen LogP contribution in [0.2, 0.25) is 0 Å². The van der Waals surface area contributed by atoms with Crippen molar-refractivity contribution in [2.24, 2.45) is 17.6 Å². The number of nitrogens with two attached hydrogens (primary N) is 1. The maximum atomic E-state index is 12.3. The molecule has 0 saturated carbocycles. The zero-order chi connectivity index (χ0) is 14.4. The number of hydrogen-bond donors (Lipinski definition) is 1. The van der Waals surface area contributed by atoms with Crippen LogP contribution in [0.4, 0.5) is 0 Å². The molecule has 1 aliphatic heterocycles. The Kier molecular flexibility index (Phi) is 5.41. The van der Waals surface area contributed by atoms with Crippen molar-refractivity contribution in [2.45, 2.75) is 19.8 Å². The molecule has 0 aromatic heterocycles. The lowest BCUT2D eigenvalue weighted by molar-refractivity contribution is -0.134. The van der Waals surface area contributed by atoms with Crippen molar-refractivity contribution in [1.29, 1.82) is 0 Å². The van der Waals surface area contributed by atoms with Crippen LogP contribution in [0.5, 0.6) is 5.75 Å². The largest absolute Gasteiger partial charge is 0.494 e. The molecule has 1 amide bonds. The summed E-state index contributed by atoms with van der Waals surface area (Å²) in [6, 6.07) is 9.71. The van der Waals surface area contributed by atoms with E-state index in [4.69, 9.17) is 10.5 Å². The molecule has 1 aromatic carbocycles. The number of amides is 1. The Morgan fingerprint density at radius 2 is 2.20 bits per heavy atom. The number of rotatable bonds is 6. The van der Waals surface area contributed by atoms with Crippen molar-refractivity contribution < 1.29 is 9.53 Å². The van der Waals surface area contributed by atoms with E-state index in [9.17, 15) is 4.79 Å². The summed E-state index contributed by atoms with van der Waals surface area (Å²) in [7, 11) is 0. The topological polar surface area (TPSA) is 55.6 Å². The quantitative estimate of drug-likeness (QED) is 0.863. The molecule has 1 heterocycles. The van der Waals surface area contributed by atoms with Gasteiger partial charge in [0.1, 0.15) is 5.75 Å². The molecule has 4 nitrogen and oxygen atoms in total. The van der Waals surface area contributed by atoms with E-state index in [2.05, 4.69) is 0 Å². The van der Waals surface area contributed by atoms with Crippen molar-refractivity contribution in [3.63, 3.8) is 0 Å². The fraction of sp³-hybridized carbons (Fsp3) is 0.562. The molecule has 110 valence electrons. The molecule has 1 aromatic rings. The second-order valence-electron chi connectivity index (χ2n) is 5.53. The Labute approximate surface area is 120 Å². The summed E-state index contributed by atoms with van der Waals surface area (Å²) >= 11 is 0. The summed E-state index contributed by atoms with van der Waals surface area (Å²) in [6.07, 6.45) is 1.78. The first-order valence-electron chi connectivity index (χ1n) is 7.37. The zero-order valence-electron chi connectivity index (χ0n) is 12.1. The summed E-state index contributed by atoms with van der Waals surface area (Å²) in [4.78, 5) is 14.2. The van der Waals surface area contributed by atoms with Gasteiger partial charge in [-0.1, -0.05) is 25.1 Å². The van der Waals surface area contributed by atoms with Crippen molar-refractivity contribution in [1.82, 2.24) is 4.90 Å². The molecule has 0 bridgehead atoms. The van der Waals surface area contributed by atoms with Crippen LogP contribution in [0, 0.1) is 11.8 Å². The highest BCUT2D eigenvalue weighted by Gasteiger charge is 2.27. The molecule has 1 fully saturated rings. The van der Waals surface area contributed by atoms with Gasteiger partial charge < -0.3 is 15.4 Å². The number of carbonyl (C=O) groups is 1. The average molecular weight is 276 g/mol. The van der Waals surface area contributed by atoms with E-state index in [1.165, 1.54) is 0 Å². The number of nitrogens with zero attached hydrogens (tertiary/aromatic N) is 1. The Bertz CT molecular complexity index is 422. The van der Waals surface area contributed by atoms with Gasteiger partial charge in [-0.15, -0.1) is 0 Å². The van der Waals surface area contributed by atoms with Gasteiger partial charge >= 0.3 is 0 Å². The van der Waals surface area contributed by atoms with Crippen LogP contribution in [-0.2, 0) is 4.79 Å². The zero-order valence-corrected chi connectivity index (χ0v) is 12.1. The van der Waals surface area contributed by atoms with E-state index in [0.717, 1.165) is 31.7 Å². The molecule has 0 aliphatic carbocycles. The standard InChI is InChI=1S/C16H24N2O2/c1-13(8-10-20-15-5-3-2-4-6-15)16(19)18-9-7-14(11-17)12-18/h2-6,13-14H,7-12,17H2,1H3. The summed E-state index contributed by atoms with van der Waals surface area (Å²) in [5.41, 5.74) is 5.66. The summed E-state index contributed by atoms with van der Waals surface area (Å²) < 4.78 is 5.64. The summed E-state index contributed by atoms with van der Waals surface area (Å²) in [5, 5.41) is 0. The minimum Gasteiger partial charge on any atom is -0.494 e. The lowest BCUT2D eigenvalue weighted by atomic mass is 10.1. The molecule has 2 atom stereocenters. The van der Waals surface area contributed by atoms with Gasteiger partial charge in [0.05, 0.1) is 6.61 Å². The molecule has 4 heteroatoms. The van der Waals surface area contributed by atoms with E-state index >= 15 is 0 Å². The minimum absolute atomic E-state index is 0.00948. The van der Waals surface area contributed by atoms with E-state index in [0.29, 0.717) is 19.1 Å². The monoisotopic (exact) mass is 276 g/mol. The fourth-order valence-corrected chi connectivity index (χ4v) is 2.53. The molecule has 2 N–H and O–H groups in total. The van der Waals surface area contributed by atoms with E-state index in [1.807, 2.05) is 42.2 Å². The molecule has 0 radical (unpaired) electrons. The first-order chi connectivity index (χ1) is 9.70. The Morgan fingerprint density at radius 3 is 2.85 bits per heavy atom. The Balaban J connectivity index is 1.72. The molecular weight excluding hydrogens is 252 g/mol. The van der Waals surface area contributed by atoms with E-state index in [-0.39, 0.29) is 11.8 Å². The smallest absolute Gasteiger partial charge is 0.225 e. The van der Waals surface area contributed by atoms with Crippen LogP contribution >= 0.6 is 0 Å². The van der Waals surface area contributed by atoms with Crippen LogP contribution in [-0.4, -0.2) is 37.0 Å². The first-order valence-corrected chi connectivity index (χ1v) is 7.37. The van der Waals surface area contributed by atoms with Crippen LogP contribution in [0.15, 0.2) is 30.3 Å². The van der Waals surface area contributed by atoms with Crippen LogP contribution in [0.1, 0.15) is 19.8 Å². The highest BCUT2D eigenvalue weighted by molar-refractivity contribution is 5.78. The second kappa shape index (κ2) is 7.29. The first kappa shape index (κ1) is 14.9. The predicted octanol–water partition coefficient (Wildman–Crippen LogP) is 1.90. The highest BCUT2D eigenvalue weighted by atomic mass is 16.5. The summed E-state index contributed by atoms with van der Waals surface area (Å²) in [6.45, 7) is 4.90. The van der Waals surface area contributed by atoms with Gasteiger partial charge in [-0.2, -0.15) is 0 Å². The number of likely N-dealkylation sites (tertiary alicyclic amines) is 1. The maximum absolute atomic E-state index is 12.3. The lowest BCUT2D eigenvalue weighted by Crippen LogP contribution is -2.34. The molecule has 1 saturated heterocycles. The molecule has 20 heavy (non-hydrogen) atoms. The van der Waals surface area contributed by atoms with Crippen LogP contribution in [0.3, 0.4) is 0 Å². The molecule has 1 aliphatic rings. The van der Waals surface area contributed by atoms with Crippen molar-refractivity contribution in [3.8, 4) is 5.75 Å². The number of benzene rings is 1. The van der Waals surface area contributed by atoms with Gasteiger partial charge in [-0.3, -0.25) is 4.79 Å². The fourth-order valence-electron chi connectivity index (χ4n) is 2.53. The molecule has 2 unspecified atom stereocenters. The normalized spacial score (nSPS) is 19.9. The molecule has 2 rings (SSSR count). The van der Waals surface area contributed by atoms with Gasteiger partial charge in [-0.25, -0.2) is 0 Å². The van der Waals surface area contributed by atoms with Crippen molar-refractivity contribution >= 4 is 5.91 Å². The third-order valence-electron chi connectivity index (χ3n) is 3.92. The van der Waals surface area contributed by atoms with Gasteiger partial charge in [-0.05, 0) is 37.4 Å². The maximum Gasteiger partial charge on any atom is 0.225 e. The number of ether oxygens (including phenoxy) is 1. The number of carbonyl (C=O) groups excluding carboxylic acids is 1. The highest BCUT2D eigenvalue weighted by Crippen LogP contribution is 2.19. The lowest BCUT2D eigenvalue weighted by Gasteiger charge is -2.21. The van der Waals surface area contributed by atoms with Crippen LogP contribution in [0.25, 0.3) is 0 Å². The second-order valence-corrected chi connectivity index (χ2v) is 5.53. The Hall–Kier alpha value is -1.55. The molecular formula is C16H24N2O2. The average Bonchev–Trinajstić information content (AvgIpc) is 2.96. The molecule has 0 spiro atoms. The SMILES string of the molecule is CC(CCOc1ccccc1)C(=O)N1CCC(CN)C1. The van der Waals surface area contributed by atoms with Crippen LogP contribution < -0.4 is 10.5 Å². The Morgan fingerprint density at radius 1 is 1.45 bits per heavy atom. The van der Waals surface area contributed by atoms with Gasteiger partial charge in [0.15, 0.2) is 0 Å². The minimum atomic E-state index is 0.00948. The number of para-hydroxylation sites is 1. The van der Waals surface area contributed by atoms with Crippen molar-refractivity contribution in [2.75, 3.05) is 26.2 Å². The van der Waals surface area contributed by atoms with Gasteiger partial charge in [0.2, 0.25) is 5.91 Å². The van der Waals surface area contributed by atoms with E-state index in [1.54, 1.807) is 0 Å². The third-order valence-corrected chi connectivity index (χ3v) is 3.92. The number of hydrogen-bond acceptors (Lipinski definition) is 3. The van der Waals surface area contributed by atoms with Crippen molar-refractivity contribution in [3.05, 3.63) is 30.3 Å². The third kappa shape index (κ3) is 3.97. The van der Waals surface area contributed by atoms with E-state index < -0.39 is 0 Å². The van der Waals surface area contributed by atoms with Gasteiger partial charge in [0, 0.05) is 19.0 Å². The van der Waals surface area contributed by atoms with Gasteiger partial charge in [0.25, 0.3) is 0 Å². The predicted molar refractivity (Wildman–Crippen MR) is 79.5 cm³/mol. The summed E-state index contributed by atoms with van der Waals surface area (Å²) in [5.74, 6) is 1.58.